The van der Waals surface area contributed by atoms with E-state index in [1.807, 2.05) is 6.92 Å². The lowest BCUT2D eigenvalue weighted by molar-refractivity contribution is -0.122. The van der Waals surface area contributed by atoms with Crippen LogP contribution in [-0.4, -0.2) is 12.3 Å². The first kappa shape index (κ1) is 11.4. The van der Waals surface area contributed by atoms with Crippen molar-refractivity contribution in [3.8, 4) is 0 Å². The molecular weight excluding hydrogens is 150 g/mol. The second-order valence-electron chi connectivity index (χ2n) is 3.13. The summed E-state index contributed by atoms with van der Waals surface area (Å²) in [5, 5.41) is 0. The van der Waals surface area contributed by atoms with Crippen molar-refractivity contribution in [1.82, 2.24) is 0 Å². The predicted octanol–water partition coefficient (Wildman–Crippen LogP) is 1.90. The van der Waals surface area contributed by atoms with Gasteiger partial charge in [0.1, 0.15) is 5.78 Å². The van der Waals surface area contributed by atoms with Gasteiger partial charge in [-0.15, -0.1) is 6.58 Å². The van der Waals surface area contributed by atoms with E-state index >= 15 is 0 Å². The Kier molecular flexibility index (Phi) is 6.67. The molecule has 0 heterocycles. The maximum absolute atomic E-state index is 11.3. The summed E-state index contributed by atoms with van der Waals surface area (Å²) in [5.74, 6) is 0.511. The fraction of sp³-hybridized carbons (Fsp3) is 0.700. The minimum atomic E-state index is 0.175. The summed E-state index contributed by atoms with van der Waals surface area (Å²) in [6.07, 6.45) is 5.09. The molecule has 0 aromatic carbocycles. The van der Waals surface area contributed by atoms with Gasteiger partial charge in [0.25, 0.3) is 0 Å². The van der Waals surface area contributed by atoms with Crippen molar-refractivity contribution in [3.63, 3.8) is 0 Å². The summed E-state index contributed by atoms with van der Waals surface area (Å²) in [7, 11) is 0. The highest BCUT2D eigenvalue weighted by atomic mass is 16.1. The SMILES string of the molecule is C=CCCC(=O)C(C)CCCN. The summed E-state index contributed by atoms with van der Waals surface area (Å²) < 4.78 is 0. The van der Waals surface area contributed by atoms with E-state index in [9.17, 15) is 4.79 Å². The topological polar surface area (TPSA) is 43.1 Å². The van der Waals surface area contributed by atoms with Crippen LogP contribution < -0.4 is 5.73 Å². The monoisotopic (exact) mass is 169 g/mol. The van der Waals surface area contributed by atoms with E-state index in [1.165, 1.54) is 0 Å². The number of allylic oxidation sites excluding steroid dienone is 1. The number of ketones is 1. The Labute approximate surface area is 74.8 Å². The van der Waals surface area contributed by atoms with Crippen molar-refractivity contribution in [3.05, 3.63) is 12.7 Å². The molecule has 2 nitrogen and oxygen atoms in total. The molecule has 0 spiro atoms. The third-order valence-electron chi connectivity index (χ3n) is 1.99. The molecule has 0 aliphatic carbocycles. The van der Waals surface area contributed by atoms with E-state index in [1.54, 1.807) is 6.08 Å². The van der Waals surface area contributed by atoms with Crippen LogP contribution in [0.2, 0.25) is 0 Å². The molecule has 1 atom stereocenters. The van der Waals surface area contributed by atoms with Crippen LogP contribution in [0.25, 0.3) is 0 Å². The van der Waals surface area contributed by atoms with Crippen molar-refractivity contribution in [2.75, 3.05) is 6.54 Å². The average Bonchev–Trinajstić information content (AvgIpc) is 2.10. The average molecular weight is 169 g/mol. The first-order valence-corrected chi connectivity index (χ1v) is 4.56. The molecule has 0 aliphatic rings. The van der Waals surface area contributed by atoms with Gasteiger partial charge in [0, 0.05) is 12.3 Å². The van der Waals surface area contributed by atoms with Gasteiger partial charge < -0.3 is 5.73 Å². The molecule has 2 N–H and O–H groups in total. The molecule has 70 valence electrons. The van der Waals surface area contributed by atoms with E-state index in [2.05, 4.69) is 6.58 Å². The lowest BCUT2D eigenvalue weighted by Crippen LogP contribution is -2.12. The molecule has 0 fully saturated rings. The van der Waals surface area contributed by atoms with Gasteiger partial charge in [0.15, 0.2) is 0 Å². The van der Waals surface area contributed by atoms with Gasteiger partial charge in [-0.05, 0) is 25.8 Å². The molecule has 0 aromatic heterocycles. The molecule has 0 saturated carbocycles. The third kappa shape index (κ3) is 5.08. The zero-order valence-electron chi connectivity index (χ0n) is 7.88. The Morgan fingerprint density at radius 1 is 1.67 bits per heavy atom. The Morgan fingerprint density at radius 2 is 2.33 bits per heavy atom. The molecule has 2 heteroatoms. The quantitative estimate of drug-likeness (QED) is 0.591. The van der Waals surface area contributed by atoms with Crippen LogP contribution in [0.4, 0.5) is 0 Å². The van der Waals surface area contributed by atoms with Crippen molar-refractivity contribution in [2.24, 2.45) is 11.7 Å². The highest BCUT2D eigenvalue weighted by Gasteiger charge is 2.10. The van der Waals surface area contributed by atoms with E-state index in [0.717, 1.165) is 19.3 Å². The molecule has 0 aromatic rings. The molecule has 0 saturated heterocycles. The zero-order chi connectivity index (χ0) is 9.40. The standard InChI is InChI=1S/C10H19NO/c1-3-4-7-10(12)9(2)6-5-8-11/h3,9H,1,4-8,11H2,2H3. The maximum atomic E-state index is 11.3. The van der Waals surface area contributed by atoms with Crippen LogP contribution in [0.15, 0.2) is 12.7 Å². The summed E-state index contributed by atoms with van der Waals surface area (Å²) in [6.45, 7) is 6.23. The van der Waals surface area contributed by atoms with Crippen molar-refractivity contribution < 1.29 is 4.79 Å². The highest BCUT2D eigenvalue weighted by Crippen LogP contribution is 2.09. The third-order valence-corrected chi connectivity index (χ3v) is 1.99. The van der Waals surface area contributed by atoms with Gasteiger partial charge >= 0.3 is 0 Å². The van der Waals surface area contributed by atoms with Gasteiger partial charge in [-0.25, -0.2) is 0 Å². The maximum Gasteiger partial charge on any atom is 0.136 e. The smallest absolute Gasteiger partial charge is 0.136 e. The van der Waals surface area contributed by atoms with Crippen LogP contribution in [0.1, 0.15) is 32.6 Å². The van der Waals surface area contributed by atoms with Gasteiger partial charge in [-0.1, -0.05) is 13.0 Å². The molecule has 0 amide bonds. The number of nitrogens with two attached hydrogens (primary N) is 1. The molecule has 0 rings (SSSR count). The molecule has 0 bridgehead atoms. The molecule has 1 unspecified atom stereocenters. The van der Waals surface area contributed by atoms with E-state index < -0.39 is 0 Å². The lowest BCUT2D eigenvalue weighted by atomic mass is 9.97. The number of hydrogen-bond donors (Lipinski definition) is 1. The van der Waals surface area contributed by atoms with E-state index in [-0.39, 0.29) is 5.92 Å². The van der Waals surface area contributed by atoms with Crippen molar-refractivity contribution in [1.29, 1.82) is 0 Å². The van der Waals surface area contributed by atoms with Crippen LogP contribution in [0, 0.1) is 5.92 Å². The van der Waals surface area contributed by atoms with Gasteiger partial charge in [0.05, 0.1) is 0 Å². The second kappa shape index (κ2) is 7.04. The highest BCUT2D eigenvalue weighted by molar-refractivity contribution is 5.80. The van der Waals surface area contributed by atoms with Crippen LogP contribution >= 0.6 is 0 Å². The van der Waals surface area contributed by atoms with Gasteiger partial charge in [-0.2, -0.15) is 0 Å². The molecule has 0 radical (unpaired) electrons. The van der Waals surface area contributed by atoms with E-state index in [0.29, 0.717) is 18.7 Å². The fourth-order valence-electron chi connectivity index (χ4n) is 1.08. The zero-order valence-corrected chi connectivity index (χ0v) is 7.88. The Balaban J connectivity index is 3.53. The minimum absolute atomic E-state index is 0.175. The Morgan fingerprint density at radius 3 is 2.83 bits per heavy atom. The second-order valence-corrected chi connectivity index (χ2v) is 3.13. The number of carbonyl (C=O) groups is 1. The van der Waals surface area contributed by atoms with Gasteiger partial charge in [0.2, 0.25) is 0 Å². The molecular formula is C10H19NO. The Bertz CT molecular complexity index is 143. The molecule has 12 heavy (non-hydrogen) atoms. The first-order valence-electron chi connectivity index (χ1n) is 4.56. The largest absolute Gasteiger partial charge is 0.330 e. The summed E-state index contributed by atoms with van der Waals surface area (Å²) >= 11 is 0. The predicted molar refractivity (Wildman–Crippen MR) is 51.9 cm³/mol. The van der Waals surface area contributed by atoms with Crippen LogP contribution in [-0.2, 0) is 4.79 Å². The van der Waals surface area contributed by atoms with Crippen LogP contribution in [0.5, 0.6) is 0 Å². The number of hydrogen-bond acceptors (Lipinski definition) is 2. The molecule has 0 aliphatic heterocycles. The van der Waals surface area contributed by atoms with Crippen molar-refractivity contribution in [2.45, 2.75) is 32.6 Å². The first-order chi connectivity index (χ1) is 5.72. The number of rotatable bonds is 7. The Hall–Kier alpha value is -0.630. The normalized spacial score (nSPS) is 12.5. The number of Topliss-reactive ketones (excluding diaryl/α,β-unsaturated/α-hetero) is 1. The minimum Gasteiger partial charge on any atom is -0.330 e. The summed E-state index contributed by atoms with van der Waals surface area (Å²) in [4.78, 5) is 11.3. The van der Waals surface area contributed by atoms with Gasteiger partial charge in [-0.3, -0.25) is 4.79 Å². The van der Waals surface area contributed by atoms with E-state index in [4.69, 9.17) is 5.73 Å². The number of carbonyl (C=O) groups excluding carboxylic acids is 1. The summed E-state index contributed by atoms with van der Waals surface area (Å²) in [6, 6.07) is 0. The summed E-state index contributed by atoms with van der Waals surface area (Å²) in [5.41, 5.74) is 5.35. The van der Waals surface area contributed by atoms with Crippen LogP contribution in [0.3, 0.4) is 0 Å². The fourth-order valence-corrected chi connectivity index (χ4v) is 1.08. The van der Waals surface area contributed by atoms with Crippen molar-refractivity contribution >= 4 is 5.78 Å². The lowest BCUT2D eigenvalue weighted by Gasteiger charge is -2.07.